The van der Waals surface area contributed by atoms with Gasteiger partial charge >= 0.3 is 0 Å². The Labute approximate surface area is 192 Å². The van der Waals surface area contributed by atoms with Gasteiger partial charge in [0.05, 0.1) is 22.5 Å². The van der Waals surface area contributed by atoms with E-state index in [0.29, 0.717) is 22.5 Å². The number of aldehydes is 1. The lowest BCUT2D eigenvalue weighted by molar-refractivity contribution is -0.128. The van der Waals surface area contributed by atoms with Gasteiger partial charge in [0.1, 0.15) is 0 Å². The van der Waals surface area contributed by atoms with Crippen LogP contribution in [0.5, 0.6) is 0 Å². The van der Waals surface area contributed by atoms with Crippen LogP contribution in [0.25, 0.3) is 0 Å². The molecule has 0 spiro atoms. The number of nitrogens with one attached hydrogen (secondary N) is 4. The molecule has 0 saturated carbocycles. The molecule has 0 radical (unpaired) electrons. The summed E-state index contributed by atoms with van der Waals surface area (Å²) in [6.45, 7) is 8.88. The van der Waals surface area contributed by atoms with E-state index in [0.717, 1.165) is 22.3 Å². The molecule has 0 aliphatic carbocycles. The maximum Gasteiger partial charge on any atom is 0.267 e. The van der Waals surface area contributed by atoms with Crippen LogP contribution in [0.4, 0.5) is 11.4 Å². The van der Waals surface area contributed by atoms with Gasteiger partial charge in [0.25, 0.3) is 11.8 Å². The average Bonchev–Trinajstić information content (AvgIpc) is 2.81. The highest BCUT2D eigenvalue weighted by Gasteiger charge is 2.13. The van der Waals surface area contributed by atoms with Gasteiger partial charge in [0, 0.05) is 6.92 Å². The summed E-state index contributed by atoms with van der Waals surface area (Å²) in [6, 6.07) is 7.06. The summed E-state index contributed by atoms with van der Waals surface area (Å²) in [5, 5.41) is 0. The van der Waals surface area contributed by atoms with Crippen LogP contribution in [-0.4, -0.2) is 23.9 Å². The van der Waals surface area contributed by atoms with E-state index < -0.39 is 5.78 Å². The van der Waals surface area contributed by atoms with Crippen molar-refractivity contribution < 1.29 is 19.2 Å². The standard InChI is InChI=1S/2C9H14N4O.C3H4O2/c2*1-5-3-4-7(9(14)13-11)8(12-10)6(5)2;1-3(5)2-4/h2*3-4,12H,10-11H2,1-2H3,(H,13,14);2H,1H3. The van der Waals surface area contributed by atoms with Crippen molar-refractivity contribution in [3.8, 4) is 0 Å². The van der Waals surface area contributed by atoms with E-state index >= 15 is 0 Å². The Morgan fingerprint density at radius 3 is 1.21 bits per heavy atom. The van der Waals surface area contributed by atoms with Crippen LogP contribution in [0, 0.1) is 27.7 Å². The predicted molar refractivity (Wildman–Crippen MR) is 128 cm³/mol. The first-order valence-corrected chi connectivity index (χ1v) is 9.61. The molecule has 0 unspecified atom stereocenters. The number of hydrogen-bond acceptors (Lipinski definition) is 10. The molecule has 0 heterocycles. The van der Waals surface area contributed by atoms with Gasteiger partial charge in [0.2, 0.25) is 0 Å². The van der Waals surface area contributed by atoms with Crippen LogP contribution < -0.4 is 45.1 Å². The highest BCUT2D eigenvalue weighted by atomic mass is 16.2. The number of nitrogen functional groups attached to an aromatic ring is 4. The van der Waals surface area contributed by atoms with E-state index in [1.165, 1.54) is 6.92 Å². The molecule has 0 fully saturated rings. The van der Waals surface area contributed by atoms with Crippen LogP contribution in [0.2, 0.25) is 0 Å². The van der Waals surface area contributed by atoms with Crippen molar-refractivity contribution in [2.75, 3.05) is 10.9 Å². The molecule has 2 aromatic rings. The Balaban J connectivity index is 0.000000517. The van der Waals surface area contributed by atoms with Gasteiger partial charge < -0.3 is 10.9 Å². The SMILES string of the molecule is CC(=O)C=O.Cc1ccc(C(=O)NN)c(NN)c1C.Cc1ccc(C(=O)NN)c(NN)c1C. The fraction of sp³-hybridized carbons (Fsp3) is 0.238. The molecule has 0 aliphatic heterocycles. The normalized spacial score (nSPS) is 9.24. The Kier molecular flexibility index (Phi) is 12.6. The number of nitrogens with two attached hydrogens (primary N) is 4. The number of ketones is 1. The number of amides is 2. The van der Waals surface area contributed by atoms with Gasteiger partial charge in [-0.15, -0.1) is 0 Å². The van der Waals surface area contributed by atoms with E-state index in [9.17, 15) is 14.4 Å². The second kappa shape index (κ2) is 14.3. The van der Waals surface area contributed by atoms with Crippen LogP contribution >= 0.6 is 0 Å². The molecule has 2 rings (SSSR count). The molecule has 0 aromatic heterocycles. The minimum absolute atomic E-state index is 0.278. The minimum Gasteiger partial charge on any atom is -0.323 e. The van der Waals surface area contributed by atoms with Gasteiger partial charge in [-0.05, 0) is 62.1 Å². The first kappa shape index (κ1) is 29.2. The first-order chi connectivity index (χ1) is 15.5. The van der Waals surface area contributed by atoms with E-state index in [1.54, 1.807) is 12.1 Å². The molecule has 0 atom stereocenters. The molecule has 0 saturated heterocycles. The van der Waals surface area contributed by atoms with Crippen molar-refractivity contribution in [2.45, 2.75) is 34.6 Å². The van der Waals surface area contributed by atoms with Gasteiger partial charge in [-0.25, -0.2) is 11.7 Å². The first-order valence-electron chi connectivity index (χ1n) is 9.61. The fourth-order valence-electron chi connectivity index (χ4n) is 2.54. The third-order valence-corrected chi connectivity index (χ3v) is 4.68. The van der Waals surface area contributed by atoms with E-state index in [2.05, 4.69) is 21.7 Å². The van der Waals surface area contributed by atoms with Crippen LogP contribution in [0.1, 0.15) is 49.9 Å². The van der Waals surface area contributed by atoms with Crippen LogP contribution in [0.15, 0.2) is 24.3 Å². The molecule has 2 aromatic carbocycles. The van der Waals surface area contributed by atoms with Gasteiger partial charge in [0.15, 0.2) is 12.1 Å². The minimum atomic E-state index is -0.426. The summed E-state index contributed by atoms with van der Waals surface area (Å²) in [5.74, 6) is 19.6. The van der Waals surface area contributed by atoms with Gasteiger partial charge in [-0.1, -0.05) is 12.1 Å². The highest BCUT2D eigenvalue weighted by molar-refractivity contribution is 6.23. The lowest BCUT2D eigenvalue weighted by Crippen LogP contribution is -2.31. The number of aryl methyl sites for hydroxylation is 2. The summed E-state index contributed by atoms with van der Waals surface area (Å²) in [4.78, 5) is 41.2. The monoisotopic (exact) mass is 460 g/mol. The van der Waals surface area contributed by atoms with E-state index in [4.69, 9.17) is 28.2 Å². The molecule has 180 valence electrons. The van der Waals surface area contributed by atoms with Crippen LogP contribution in [0.3, 0.4) is 0 Å². The topological polar surface area (TPSA) is 220 Å². The second-order valence-corrected chi connectivity index (χ2v) is 6.82. The number of Topliss-reactive ketones (excluding diaryl/α,β-unsaturated/α-hetero) is 1. The maximum atomic E-state index is 11.3. The molecule has 12 heteroatoms. The number of hydrogen-bond donors (Lipinski definition) is 8. The summed E-state index contributed by atoms with van der Waals surface area (Å²) in [5.41, 5.74) is 15.2. The van der Waals surface area contributed by atoms with E-state index in [-0.39, 0.29) is 18.1 Å². The van der Waals surface area contributed by atoms with Crippen molar-refractivity contribution in [2.24, 2.45) is 23.4 Å². The summed E-state index contributed by atoms with van der Waals surface area (Å²) < 4.78 is 0. The number of benzene rings is 2. The summed E-state index contributed by atoms with van der Waals surface area (Å²) in [7, 11) is 0. The van der Waals surface area contributed by atoms with Crippen molar-refractivity contribution >= 4 is 35.3 Å². The Morgan fingerprint density at radius 1 is 0.697 bits per heavy atom. The number of rotatable bonds is 5. The molecular weight excluding hydrogens is 428 g/mol. The predicted octanol–water partition coefficient (Wildman–Crippen LogP) is 0.159. The zero-order valence-electron chi connectivity index (χ0n) is 19.3. The second-order valence-electron chi connectivity index (χ2n) is 6.82. The Hall–Kier alpha value is -3.84. The molecular formula is C21H32N8O4. The quantitative estimate of drug-likeness (QED) is 0.0992. The molecule has 12 nitrogen and oxygen atoms in total. The lowest BCUT2D eigenvalue weighted by atomic mass is 10.0. The Morgan fingerprint density at radius 2 is 1.00 bits per heavy atom. The van der Waals surface area contributed by atoms with Crippen molar-refractivity contribution in [1.29, 1.82) is 0 Å². The number of hydrazine groups is 4. The highest BCUT2D eigenvalue weighted by Crippen LogP contribution is 2.23. The molecule has 0 bridgehead atoms. The lowest BCUT2D eigenvalue weighted by Gasteiger charge is -2.12. The summed E-state index contributed by atoms with van der Waals surface area (Å²) >= 11 is 0. The number of carbonyl (C=O) groups excluding carboxylic acids is 4. The average molecular weight is 461 g/mol. The third-order valence-electron chi connectivity index (χ3n) is 4.68. The van der Waals surface area contributed by atoms with Crippen molar-refractivity contribution in [3.05, 3.63) is 57.6 Å². The molecule has 0 aliphatic rings. The van der Waals surface area contributed by atoms with Crippen molar-refractivity contribution in [1.82, 2.24) is 10.9 Å². The smallest absolute Gasteiger partial charge is 0.267 e. The molecule has 2 amide bonds. The fourth-order valence-corrected chi connectivity index (χ4v) is 2.54. The van der Waals surface area contributed by atoms with Crippen molar-refractivity contribution in [3.63, 3.8) is 0 Å². The number of anilines is 2. The zero-order chi connectivity index (χ0) is 25.7. The van der Waals surface area contributed by atoms with E-state index in [1.807, 2.05) is 39.8 Å². The zero-order valence-corrected chi connectivity index (χ0v) is 19.3. The third kappa shape index (κ3) is 8.31. The van der Waals surface area contributed by atoms with Gasteiger partial charge in [-0.3, -0.25) is 41.7 Å². The largest absolute Gasteiger partial charge is 0.323 e. The van der Waals surface area contributed by atoms with Gasteiger partial charge in [-0.2, -0.15) is 0 Å². The Bertz CT molecular complexity index is 937. The van der Waals surface area contributed by atoms with Crippen LogP contribution in [-0.2, 0) is 9.59 Å². The maximum absolute atomic E-state index is 11.3. The molecule has 33 heavy (non-hydrogen) atoms. The number of carbonyl (C=O) groups is 4. The summed E-state index contributed by atoms with van der Waals surface area (Å²) in [6.07, 6.45) is 0.278. The molecule has 12 N–H and O–H groups in total.